The smallest absolute Gasteiger partial charge is 0.355 e. The number of nitrogens with one attached hydrogen (secondary N) is 1. The molecule has 2 heterocycles. The van der Waals surface area contributed by atoms with Gasteiger partial charge in [0.15, 0.2) is 10.7 Å². The fourth-order valence-electron chi connectivity index (χ4n) is 2.00. The molecule has 2 N–H and O–H groups in total. The van der Waals surface area contributed by atoms with Crippen LogP contribution in [-0.2, 0) is 4.79 Å². The quantitative estimate of drug-likeness (QED) is 0.874. The summed E-state index contributed by atoms with van der Waals surface area (Å²) in [4.78, 5) is 40.0. The van der Waals surface area contributed by atoms with Crippen molar-refractivity contribution in [2.45, 2.75) is 0 Å². The predicted molar refractivity (Wildman–Crippen MR) is 75.8 cm³/mol. The Morgan fingerprint density at radius 3 is 2.81 bits per heavy atom. The van der Waals surface area contributed by atoms with Crippen LogP contribution in [0.15, 0.2) is 29.6 Å². The molecule has 3 rings (SSSR count). The Kier molecular flexibility index (Phi) is 3.15. The van der Waals surface area contributed by atoms with Crippen molar-refractivity contribution < 1.29 is 19.5 Å². The van der Waals surface area contributed by atoms with E-state index in [0.717, 1.165) is 11.3 Å². The molecule has 1 aromatic carbocycles. The third kappa shape index (κ3) is 2.36. The fraction of sp³-hybridized carbons (Fsp3) is 0.0769. The third-order valence-corrected chi connectivity index (χ3v) is 3.75. The minimum absolute atomic E-state index is 0.0388. The van der Waals surface area contributed by atoms with E-state index in [0.29, 0.717) is 11.4 Å². The SMILES string of the molecule is O=C1CN(C(=O)c2nc(C(=O)O)cs2)c2ccccc2N1. The Morgan fingerprint density at radius 1 is 1.33 bits per heavy atom. The molecule has 2 aromatic rings. The van der Waals surface area contributed by atoms with Gasteiger partial charge in [0.25, 0.3) is 5.91 Å². The van der Waals surface area contributed by atoms with Gasteiger partial charge in [-0.3, -0.25) is 14.5 Å². The second kappa shape index (κ2) is 4.98. The van der Waals surface area contributed by atoms with Crippen LogP contribution in [0.4, 0.5) is 11.4 Å². The molecule has 0 atom stereocenters. The molecule has 1 aliphatic rings. The number of nitrogens with zero attached hydrogens (tertiary/aromatic N) is 2. The summed E-state index contributed by atoms with van der Waals surface area (Å²) < 4.78 is 0. The first kappa shape index (κ1) is 13.3. The van der Waals surface area contributed by atoms with Gasteiger partial charge in [0.1, 0.15) is 6.54 Å². The number of para-hydroxylation sites is 2. The molecule has 21 heavy (non-hydrogen) atoms. The molecule has 0 aliphatic carbocycles. The number of hydrogen-bond donors (Lipinski definition) is 2. The summed E-state index contributed by atoms with van der Waals surface area (Å²) >= 11 is 0.941. The van der Waals surface area contributed by atoms with Crippen molar-refractivity contribution in [2.75, 3.05) is 16.8 Å². The number of amides is 2. The Morgan fingerprint density at radius 2 is 2.10 bits per heavy atom. The van der Waals surface area contributed by atoms with Crippen molar-refractivity contribution in [1.82, 2.24) is 4.98 Å². The molecule has 1 aliphatic heterocycles. The number of aromatic carboxylic acids is 1. The monoisotopic (exact) mass is 303 g/mol. The van der Waals surface area contributed by atoms with Crippen LogP contribution < -0.4 is 10.2 Å². The van der Waals surface area contributed by atoms with E-state index in [1.165, 1.54) is 10.3 Å². The zero-order valence-corrected chi connectivity index (χ0v) is 11.4. The number of fused-ring (bicyclic) bond motifs is 1. The van der Waals surface area contributed by atoms with Crippen LogP contribution in [0, 0.1) is 0 Å². The summed E-state index contributed by atoms with van der Waals surface area (Å²) in [6.07, 6.45) is 0. The molecule has 0 saturated carbocycles. The van der Waals surface area contributed by atoms with E-state index in [1.54, 1.807) is 24.3 Å². The Bertz CT molecular complexity index is 755. The first-order valence-corrected chi connectivity index (χ1v) is 6.84. The lowest BCUT2D eigenvalue weighted by Gasteiger charge is -2.28. The molecule has 0 fully saturated rings. The number of rotatable bonds is 2. The molecule has 2 amide bonds. The van der Waals surface area contributed by atoms with Gasteiger partial charge < -0.3 is 10.4 Å². The number of carbonyl (C=O) groups excluding carboxylic acids is 2. The van der Waals surface area contributed by atoms with E-state index in [2.05, 4.69) is 10.3 Å². The molecule has 0 radical (unpaired) electrons. The molecule has 0 saturated heterocycles. The molecule has 0 unspecified atom stereocenters. The van der Waals surface area contributed by atoms with Crippen LogP contribution in [0.5, 0.6) is 0 Å². The Hall–Kier alpha value is -2.74. The van der Waals surface area contributed by atoms with Crippen molar-refractivity contribution in [2.24, 2.45) is 0 Å². The number of anilines is 2. The van der Waals surface area contributed by atoms with Crippen molar-refractivity contribution >= 4 is 40.5 Å². The zero-order valence-electron chi connectivity index (χ0n) is 10.6. The average Bonchev–Trinajstić information content (AvgIpc) is 2.95. The normalized spacial score (nSPS) is 13.5. The summed E-state index contributed by atoms with van der Waals surface area (Å²) in [7, 11) is 0. The highest BCUT2D eigenvalue weighted by Crippen LogP contribution is 2.30. The van der Waals surface area contributed by atoms with E-state index in [4.69, 9.17) is 5.11 Å². The van der Waals surface area contributed by atoms with Gasteiger partial charge in [0, 0.05) is 5.38 Å². The lowest BCUT2D eigenvalue weighted by molar-refractivity contribution is -0.115. The molecule has 1 aromatic heterocycles. The zero-order chi connectivity index (χ0) is 15.0. The molecular weight excluding hydrogens is 294 g/mol. The lowest BCUT2D eigenvalue weighted by Crippen LogP contribution is -2.42. The van der Waals surface area contributed by atoms with Gasteiger partial charge in [-0.05, 0) is 12.1 Å². The number of carbonyl (C=O) groups is 3. The fourth-order valence-corrected chi connectivity index (χ4v) is 2.74. The molecule has 7 nitrogen and oxygen atoms in total. The first-order chi connectivity index (χ1) is 10.1. The standard InChI is InChI=1S/C13H9N3O4S/c17-10-5-16(9-4-2-1-3-7(9)14-10)12(18)11-15-8(6-21-11)13(19)20/h1-4,6H,5H2,(H,14,17)(H,19,20). The van der Waals surface area contributed by atoms with Crippen molar-refractivity contribution in [3.63, 3.8) is 0 Å². The number of carboxylic acids is 1. The number of hydrogen-bond acceptors (Lipinski definition) is 5. The van der Waals surface area contributed by atoms with Crippen LogP contribution in [0.25, 0.3) is 0 Å². The number of carboxylic acid groups (broad SMARTS) is 1. The maximum atomic E-state index is 12.4. The summed E-state index contributed by atoms with van der Waals surface area (Å²) in [6.45, 7) is -0.127. The Balaban J connectivity index is 1.97. The maximum absolute atomic E-state index is 12.4. The molecular formula is C13H9N3O4S. The van der Waals surface area contributed by atoms with Gasteiger partial charge in [0.05, 0.1) is 11.4 Å². The van der Waals surface area contributed by atoms with Crippen molar-refractivity contribution in [3.05, 3.63) is 40.3 Å². The van der Waals surface area contributed by atoms with E-state index in [9.17, 15) is 14.4 Å². The molecule has 0 bridgehead atoms. The summed E-state index contributed by atoms with van der Waals surface area (Å²) in [6, 6.07) is 6.90. The van der Waals surface area contributed by atoms with Gasteiger partial charge in [-0.25, -0.2) is 9.78 Å². The predicted octanol–water partition coefficient (Wildman–Crippen LogP) is 1.44. The van der Waals surface area contributed by atoms with Gasteiger partial charge in [-0.2, -0.15) is 0 Å². The Labute approximate surface area is 122 Å². The second-order valence-corrected chi connectivity index (χ2v) is 5.16. The van der Waals surface area contributed by atoms with E-state index >= 15 is 0 Å². The van der Waals surface area contributed by atoms with Crippen LogP contribution in [-0.4, -0.2) is 34.4 Å². The molecule has 106 valence electrons. The third-order valence-electron chi connectivity index (χ3n) is 2.92. The van der Waals surface area contributed by atoms with Crippen molar-refractivity contribution in [1.29, 1.82) is 0 Å². The number of aromatic nitrogens is 1. The number of thiazole rings is 1. The minimum atomic E-state index is -1.19. The van der Waals surface area contributed by atoms with Gasteiger partial charge in [-0.15, -0.1) is 11.3 Å². The van der Waals surface area contributed by atoms with E-state index in [-0.39, 0.29) is 23.2 Å². The van der Waals surface area contributed by atoms with Crippen molar-refractivity contribution in [3.8, 4) is 0 Å². The largest absolute Gasteiger partial charge is 0.476 e. The van der Waals surface area contributed by atoms with Crippen LogP contribution >= 0.6 is 11.3 Å². The first-order valence-electron chi connectivity index (χ1n) is 5.96. The van der Waals surface area contributed by atoms with Crippen LogP contribution in [0.3, 0.4) is 0 Å². The summed E-state index contributed by atoms with van der Waals surface area (Å²) in [5, 5.41) is 12.9. The van der Waals surface area contributed by atoms with E-state index in [1.807, 2.05) is 0 Å². The average molecular weight is 303 g/mol. The summed E-state index contributed by atoms with van der Waals surface area (Å²) in [5.41, 5.74) is 0.921. The van der Waals surface area contributed by atoms with E-state index < -0.39 is 11.9 Å². The minimum Gasteiger partial charge on any atom is -0.476 e. The molecule has 8 heteroatoms. The van der Waals surface area contributed by atoms with Gasteiger partial charge >= 0.3 is 5.97 Å². The highest BCUT2D eigenvalue weighted by Gasteiger charge is 2.29. The topological polar surface area (TPSA) is 99.6 Å². The second-order valence-electron chi connectivity index (χ2n) is 4.30. The highest BCUT2D eigenvalue weighted by molar-refractivity contribution is 7.12. The maximum Gasteiger partial charge on any atom is 0.355 e. The van der Waals surface area contributed by atoms with Gasteiger partial charge in [0.2, 0.25) is 5.91 Å². The summed E-state index contributed by atoms with van der Waals surface area (Å²) in [5.74, 6) is -1.99. The van der Waals surface area contributed by atoms with Crippen LogP contribution in [0.2, 0.25) is 0 Å². The van der Waals surface area contributed by atoms with Gasteiger partial charge in [-0.1, -0.05) is 12.1 Å². The van der Waals surface area contributed by atoms with Crippen LogP contribution in [0.1, 0.15) is 20.3 Å². The molecule has 0 spiro atoms. The lowest BCUT2D eigenvalue weighted by atomic mass is 10.2. The number of benzene rings is 1. The highest BCUT2D eigenvalue weighted by atomic mass is 32.1.